The predicted molar refractivity (Wildman–Crippen MR) is 78.0 cm³/mol. The molecule has 0 heterocycles. The van der Waals surface area contributed by atoms with E-state index in [0.29, 0.717) is 16.2 Å². The van der Waals surface area contributed by atoms with Crippen molar-refractivity contribution in [2.75, 3.05) is 0 Å². The Bertz CT molecular complexity index is 718. The molecule has 0 fully saturated rings. The van der Waals surface area contributed by atoms with Gasteiger partial charge in [0, 0.05) is 22.7 Å². The van der Waals surface area contributed by atoms with Crippen LogP contribution in [0.4, 0.5) is 5.69 Å². The molecule has 0 aliphatic carbocycles. The summed E-state index contributed by atoms with van der Waals surface area (Å²) in [5.41, 5.74) is 1.51. The summed E-state index contributed by atoms with van der Waals surface area (Å²) in [6.07, 6.45) is 1.55. The van der Waals surface area contributed by atoms with Crippen LogP contribution in [-0.4, -0.2) is 4.92 Å². The first-order valence-electron chi connectivity index (χ1n) is 5.73. The molecule has 0 radical (unpaired) electrons. The number of halogens is 1. The van der Waals surface area contributed by atoms with Gasteiger partial charge in [0.05, 0.1) is 16.6 Å². The average molecular weight is 285 g/mol. The number of rotatable bonds is 3. The van der Waals surface area contributed by atoms with Crippen molar-refractivity contribution in [3.8, 4) is 6.07 Å². The molecule has 0 saturated carbocycles. The monoisotopic (exact) mass is 284 g/mol. The van der Waals surface area contributed by atoms with Crippen molar-refractivity contribution in [2.24, 2.45) is 0 Å². The number of non-ortho nitro benzene ring substituents is 1. The standard InChI is InChI=1S/C15H9ClN2O2/c16-15-7-6-14(18(19)20)9-12(15)8-13(10-17)11-4-2-1-3-5-11/h1-9H/b13-8-. The molecule has 5 heteroatoms. The molecule has 2 aromatic rings. The van der Waals surface area contributed by atoms with Crippen LogP contribution in [0, 0.1) is 21.4 Å². The van der Waals surface area contributed by atoms with Gasteiger partial charge in [-0.15, -0.1) is 0 Å². The Balaban J connectivity index is 2.51. The van der Waals surface area contributed by atoms with Crippen molar-refractivity contribution in [2.45, 2.75) is 0 Å². The minimum atomic E-state index is -0.498. The zero-order valence-corrected chi connectivity index (χ0v) is 11.0. The number of nitrogens with zero attached hydrogens (tertiary/aromatic N) is 2. The number of nitro groups is 1. The first-order valence-corrected chi connectivity index (χ1v) is 6.11. The second kappa shape index (κ2) is 6.00. The molecule has 0 amide bonds. The highest BCUT2D eigenvalue weighted by molar-refractivity contribution is 6.32. The fourth-order valence-electron chi connectivity index (χ4n) is 1.71. The van der Waals surface area contributed by atoms with Crippen LogP contribution in [0.15, 0.2) is 48.5 Å². The first-order chi connectivity index (χ1) is 9.61. The molecule has 0 atom stereocenters. The molecule has 0 spiro atoms. The molecule has 0 unspecified atom stereocenters. The highest BCUT2D eigenvalue weighted by Crippen LogP contribution is 2.26. The summed E-state index contributed by atoms with van der Waals surface area (Å²) in [5.74, 6) is 0. The van der Waals surface area contributed by atoms with Gasteiger partial charge >= 0.3 is 0 Å². The minimum absolute atomic E-state index is 0.0639. The molecular formula is C15H9ClN2O2. The smallest absolute Gasteiger partial charge is 0.258 e. The molecule has 20 heavy (non-hydrogen) atoms. The van der Waals surface area contributed by atoms with Crippen LogP contribution in [-0.2, 0) is 0 Å². The lowest BCUT2D eigenvalue weighted by molar-refractivity contribution is -0.384. The van der Waals surface area contributed by atoms with Gasteiger partial charge in [-0.05, 0) is 17.7 Å². The van der Waals surface area contributed by atoms with Gasteiger partial charge in [0.2, 0.25) is 0 Å². The molecule has 2 rings (SSSR count). The van der Waals surface area contributed by atoms with Gasteiger partial charge in [0.25, 0.3) is 5.69 Å². The van der Waals surface area contributed by atoms with Crippen LogP contribution in [0.1, 0.15) is 11.1 Å². The molecule has 0 aliphatic rings. The topological polar surface area (TPSA) is 66.9 Å². The normalized spacial score (nSPS) is 10.9. The van der Waals surface area contributed by atoms with Gasteiger partial charge in [0.1, 0.15) is 0 Å². The Morgan fingerprint density at radius 3 is 2.55 bits per heavy atom. The van der Waals surface area contributed by atoms with Gasteiger partial charge in [-0.1, -0.05) is 41.9 Å². The molecule has 0 aliphatic heterocycles. The summed E-state index contributed by atoms with van der Waals surface area (Å²) in [4.78, 5) is 10.3. The molecule has 2 aromatic carbocycles. The Kier molecular flexibility index (Phi) is 4.14. The fraction of sp³-hybridized carbons (Fsp3) is 0. The van der Waals surface area contributed by atoms with Gasteiger partial charge in [-0.3, -0.25) is 10.1 Å². The Hall–Kier alpha value is -2.64. The van der Waals surface area contributed by atoms with Gasteiger partial charge in [-0.25, -0.2) is 0 Å². The van der Waals surface area contributed by atoms with Crippen molar-refractivity contribution in [3.63, 3.8) is 0 Å². The zero-order chi connectivity index (χ0) is 14.5. The van der Waals surface area contributed by atoms with Crippen LogP contribution in [0.25, 0.3) is 11.6 Å². The van der Waals surface area contributed by atoms with Crippen LogP contribution in [0.2, 0.25) is 5.02 Å². The second-order valence-electron chi connectivity index (χ2n) is 4.00. The number of nitriles is 1. The number of allylic oxidation sites excluding steroid dienone is 1. The lowest BCUT2D eigenvalue weighted by Gasteiger charge is -2.01. The summed E-state index contributed by atoms with van der Waals surface area (Å²) in [6.45, 7) is 0. The third-order valence-electron chi connectivity index (χ3n) is 2.70. The summed E-state index contributed by atoms with van der Waals surface area (Å²) in [5, 5.41) is 20.3. The highest BCUT2D eigenvalue weighted by Gasteiger charge is 2.09. The fourth-order valence-corrected chi connectivity index (χ4v) is 1.88. The number of hydrogen-bond donors (Lipinski definition) is 0. The van der Waals surface area contributed by atoms with Crippen LogP contribution in [0.3, 0.4) is 0 Å². The molecular weight excluding hydrogens is 276 g/mol. The van der Waals surface area contributed by atoms with E-state index in [9.17, 15) is 15.4 Å². The zero-order valence-electron chi connectivity index (χ0n) is 10.3. The maximum atomic E-state index is 10.8. The average Bonchev–Trinajstić information content (AvgIpc) is 2.47. The lowest BCUT2D eigenvalue weighted by atomic mass is 10.0. The van der Waals surface area contributed by atoms with Crippen molar-refractivity contribution in [1.29, 1.82) is 5.26 Å². The van der Waals surface area contributed by atoms with Crippen LogP contribution >= 0.6 is 11.6 Å². The Morgan fingerprint density at radius 1 is 1.25 bits per heavy atom. The minimum Gasteiger partial charge on any atom is -0.258 e. The largest absolute Gasteiger partial charge is 0.270 e. The number of nitro benzene ring substituents is 1. The maximum Gasteiger partial charge on any atom is 0.270 e. The van der Waals surface area contributed by atoms with Crippen molar-refractivity contribution < 1.29 is 4.92 Å². The van der Waals surface area contributed by atoms with E-state index < -0.39 is 4.92 Å². The second-order valence-corrected chi connectivity index (χ2v) is 4.41. The molecule has 98 valence electrons. The van der Waals surface area contributed by atoms with Gasteiger partial charge in [0.15, 0.2) is 0 Å². The van der Waals surface area contributed by atoms with E-state index in [-0.39, 0.29) is 5.69 Å². The molecule has 0 saturated heterocycles. The van der Waals surface area contributed by atoms with Crippen molar-refractivity contribution >= 4 is 28.9 Å². The van der Waals surface area contributed by atoms with Gasteiger partial charge < -0.3 is 0 Å². The highest BCUT2D eigenvalue weighted by atomic mass is 35.5. The number of benzene rings is 2. The summed E-state index contributed by atoms with van der Waals surface area (Å²) in [6, 6.07) is 15.3. The summed E-state index contributed by atoms with van der Waals surface area (Å²) >= 11 is 6.01. The summed E-state index contributed by atoms with van der Waals surface area (Å²) < 4.78 is 0. The maximum absolute atomic E-state index is 10.8. The third kappa shape index (κ3) is 3.02. The quantitative estimate of drug-likeness (QED) is 0.365. The lowest BCUT2D eigenvalue weighted by Crippen LogP contribution is -1.89. The molecule has 0 bridgehead atoms. The Labute approximate surface area is 120 Å². The van der Waals surface area contributed by atoms with Gasteiger partial charge in [-0.2, -0.15) is 5.26 Å². The third-order valence-corrected chi connectivity index (χ3v) is 3.04. The van der Waals surface area contributed by atoms with Crippen LogP contribution in [0.5, 0.6) is 0 Å². The summed E-state index contributed by atoms with van der Waals surface area (Å²) in [7, 11) is 0. The van der Waals surface area contributed by atoms with E-state index in [2.05, 4.69) is 6.07 Å². The SMILES string of the molecule is N#C/C(=C/c1cc([N+](=O)[O-])ccc1Cl)c1ccccc1. The van der Waals surface area contributed by atoms with E-state index in [1.165, 1.54) is 18.2 Å². The van der Waals surface area contributed by atoms with E-state index in [4.69, 9.17) is 11.6 Å². The van der Waals surface area contributed by atoms with Crippen LogP contribution < -0.4 is 0 Å². The number of hydrogen-bond acceptors (Lipinski definition) is 3. The van der Waals surface area contributed by atoms with E-state index in [1.807, 2.05) is 18.2 Å². The molecule has 0 N–H and O–H groups in total. The molecule has 0 aromatic heterocycles. The first kappa shape index (κ1) is 13.8. The van der Waals surface area contributed by atoms with Crippen molar-refractivity contribution in [3.05, 3.63) is 74.8 Å². The van der Waals surface area contributed by atoms with E-state index >= 15 is 0 Å². The predicted octanol–water partition coefficient (Wildman–Crippen LogP) is 4.31. The van der Waals surface area contributed by atoms with Crippen molar-refractivity contribution in [1.82, 2.24) is 0 Å². The van der Waals surface area contributed by atoms with E-state index in [1.54, 1.807) is 18.2 Å². The molecule has 4 nitrogen and oxygen atoms in total. The Morgan fingerprint density at radius 2 is 1.95 bits per heavy atom. The van der Waals surface area contributed by atoms with E-state index in [0.717, 1.165) is 5.56 Å².